The van der Waals surface area contributed by atoms with E-state index in [4.69, 9.17) is 9.47 Å². The molecule has 1 aromatic heterocycles. The lowest BCUT2D eigenvalue weighted by molar-refractivity contribution is 0.0640. The number of likely N-dealkylation sites (tertiary alicyclic amines) is 1. The minimum Gasteiger partial charge on any atom is -0.474 e. The Bertz CT molecular complexity index is 1180. The second-order valence-electron chi connectivity index (χ2n) is 9.55. The van der Waals surface area contributed by atoms with E-state index in [9.17, 15) is 13.2 Å². The normalized spacial score (nSPS) is 18.4. The molecular weight excluding hydrogens is 468 g/mol. The first-order chi connectivity index (χ1) is 16.9. The maximum absolute atomic E-state index is 12.5. The Kier molecular flexibility index (Phi) is 6.82. The highest BCUT2D eigenvalue weighted by molar-refractivity contribution is 7.91. The van der Waals surface area contributed by atoms with E-state index in [0.29, 0.717) is 49.4 Å². The number of aromatic nitrogens is 2. The number of anilines is 2. The van der Waals surface area contributed by atoms with Crippen molar-refractivity contribution >= 4 is 27.4 Å². The first-order valence-corrected chi connectivity index (χ1v) is 14.1. The molecule has 2 aromatic rings. The van der Waals surface area contributed by atoms with Crippen LogP contribution in [0.15, 0.2) is 35.5 Å². The smallest absolute Gasteiger partial charge is 0.409 e. The number of carbonyl (C=O) groups is 1. The number of hydrogen-bond donors (Lipinski definition) is 0. The number of piperidine rings is 1. The molecule has 2 fully saturated rings. The highest BCUT2D eigenvalue weighted by Gasteiger charge is 2.29. The van der Waals surface area contributed by atoms with Crippen molar-refractivity contribution in [1.82, 2.24) is 14.9 Å². The predicted octanol–water partition coefficient (Wildman–Crippen LogP) is 3.74. The topological polar surface area (TPSA) is 102 Å². The number of rotatable bonds is 8. The van der Waals surface area contributed by atoms with E-state index in [1.807, 2.05) is 19.1 Å². The Morgan fingerprint density at radius 3 is 2.63 bits per heavy atom. The third kappa shape index (κ3) is 5.52. The SMILES string of the molecule is CCCS(=O)(=O)c1ccc2c(c1)CCN2c1cc(OC2CCN(C(=O)OCC3CC3)CC2)ncn1. The van der Waals surface area contributed by atoms with Crippen LogP contribution in [0.1, 0.15) is 44.6 Å². The fraction of sp³-hybridized carbons (Fsp3) is 0.560. The number of benzene rings is 1. The summed E-state index contributed by atoms with van der Waals surface area (Å²) in [5.41, 5.74) is 1.97. The van der Waals surface area contributed by atoms with Gasteiger partial charge in [0.05, 0.1) is 17.3 Å². The van der Waals surface area contributed by atoms with E-state index in [1.165, 1.54) is 6.33 Å². The largest absolute Gasteiger partial charge is 0.474 e. The molecule has 0 spiro atoms. The molecule has 0 radical (unpaired) electrons. The van der Waals surface area contributed by atoms with E-state index >= 15 is 0 Å². The van der Waals surface area contributed by atoms with Gasteiger partial charge >= 0.3 is 6.09 Å². The summed E-state index contributed by atoms with van der Waals surface area (Å²) in [6.45, 7) is 4.33. The molecule has 5 rings (SSSR count). The van der Waals surface area contributed by atoms with Crippen LogP contribution in [0.25, 0.3) is 0 Å². The van der Waals surface area contributed by atoms with Gasteiger partial charge < -0.3 is 19.3 Å². The van der Waals surface area contributed by atoms with Crippen LogP contribution >= 0.6 is 0 Å². The molecule has 0 bridgehead atoms. The van der Waals surface area contributed by atoms with Crippen molar-refractivity contribution in [1.29, 1.82) is 0 Å². The molecule has 3 heterocycles. The number of hydrogen-bond acceptors (Lipinski definition) is 8. The Balaban J connectivity index is 1.20. The predicted molar refractivity (Wildman–Crippen MR) is 131 cm³/mol. The molecule has 3 aliphatic rings. The molecule has 1 aromatic carbocycles. The highest BCUT2D eigenvalue weighted by atomic mass is 32.2. The van der Waals surface area contributed by atoms with Gasteiger partial charge in [0.1, 0.15) is 18.2 Å². The third-order valence-corrected chi connectivity index (χ3v) is 8.73. The number of nitrogens with zero attached hydrogens (tertiary/aromatic N) is 4. The molecule has 1 aliphatic carbocycles. The number of fused-ring (bicyclic) bond motifs is 1. The van der Waals surface area contributed by atoms with Gasteiger partial charge in [-0.05, 0) is 55.4 Å². The number of sulfone groups is 1. The Hall–Kier alpha value is -2.88. The van der Waals surface area contributed by atoms with Crippen LogP contribution in [0, 0.1) is 5.92 Å². The van der Waals surface area contributed by atoms with Gasteiger partial charge in [-0.3, -0.25) is 0 Å². The average Bonchev–Trinajstić information content (AvgIpc) is 3.59. The van der Waals surface area contributed by atoms with E-state index < -0.39 is 9.84 Å². The molecule has 2 aliphatic heterocycles. The van der Waals surface area contributed by atoms with E-state index in [-0.39, 0.29) is 18.0 Å². The standard InChI is InChI=1S/C25H32N4O5S/c1-2-13-35(31,32)21-5-6-22-19(14-21)7-12-29(22)23-15-24(27-17-26-23)34-20-8-10-28(11-9-20)25(30)33-16-18-3-4-18/h5-6,14-15,17-18,20H,2-4,7-13,16H2,1H3. The molecule has 0 atom stereocenters. The van der Waals surface area contributed by atoms with Crippen LogP contribution in [-0.2, 0) is 21.0 Å². The Morgan fingerprint density at radius 1 is 1.09 bits per heavy atom. The zero-order chi connectivity index (χ0) is 24.4. The van der Waals surface area contributed by atoms with Crippen molar-refractivity contribution in [2.24, 2.45) is 5.92 Å². The molecule has 9 nitrogen and oxygen atoms in total. The minimum atomic E-state index is -3.25. The average molecular weight is 501 g/mol. The summed E-state index contributed by atoms with van der Waals surface area (Å²) in [4.78, 5) is 25.1. The van der Waals surface area contributed by atoms with Gasteiger partial charge in [-0.2, -0.15) is 0 Å². The van der Waals surface area contributed by atoms with Gasteiger partial charge in [0.15, 0.2) is 9.84 Å². The first kappa shape index (κ1) is 23.8. The fourth-order valence-electron chi connectivity index (χ4n) is 4.63. The van der Waals surface area contributed by atoms with Crippen LogP contribution in [0.3, 0.4) is 0 Å². The zero-order valence-corrected chi connectivity index (χ0v) is 20.9. The molecule has 1 saturated heterocycles. The molecule has 0 N–H and O–H groups in total. The van der Waals surface area contributed by atoms with Crippen molar-refractivity contribution in [2.75, 3.05) is 36.9 Å². The molecule has 35 heavy (non-hydrogen) atoms. The monoisotopic (exact) mass is 500 g/mol. The number of ether oxygens (including phenoxy) is 2. The zero-order valence-electron chi connectivity index (χ0n) is 20.1. The van der Waals surface area contributed by atoms with Crippen LogP contribution in [0.2, 0.25) is 0 Å². The van der Waals surface area contributed by atoms with E-state index in [1.54, 1.807) is 17.0 Å². The molecule has 1 amide bonds. The lowest BCUT2D eigenvalue weighted by Crippen LogP contribution is -2.42. The van der Waals surface area contributed by atoms with Crippen molar-refractivity contribution in [3.8, 4) is 5.88 Å². The van der Waals surface area contributed by atoms with Gasteiger partial charge in [0, 0.05) is 44.2 Å². The Labute approximate surface area is 206 Å². The lowest BCUT2D eigenvalue weighted by atomic mass is 10.1. The quantitative estimate of drug-likeness (QED) is 0.540. The molecule has 10 heteroatoms. The second-order valence-corrected chi connectivity index (χ2v) is 11.7. The third-order valence-electron chi connectivity index (χ3n) is 6.81. The van der Waals surface area contributed by atoms with Crippen molar-refractivity contribution in [2.45, 2.75) is 56.4 Å². The van der Waals surface area contributed by atoms with E-state index in [2.05, 4.69) is 14.9 Å². The summed E-state index contributed by atoms with van der Waals surface area (Å²) in [5.74, 6) is 1.94. The van der Waals surface area contributed by atoms with Crippen LogP contribution in [0.5, 0.6) is 5.88 Å². The van der Waals surface area contributed by atoms with Crippen LogP contribution in [-0.4, -0.2) is 67.5 Å². The molecular formula is C25H32N4O5S. The summed E-state index contributed by atoms with van der Waals surface area (Å²) in [5, 5.41) is 0. The van der Waals surface area contributed by atoms with E-state index in [0.717, 1.165) is 49.2 Å². The molecule has 1 saturated carbocycles. The summed E-state index contributed by atoms with van der Waals surface area (Å²) < 4.78 is 36.4. The minimum absolute atomic E-state index is 0.0255. The van der Waals surface area contributed by atoms with Crippen molar-refractivity contribution in [3.63, 3.8) is 0 Å². The number of carbonyl (C=O) groups excluding carboxylic acids is 1. The first-order valence-electron chi connectivity index (χ1n) is 12.5. The van der Waals surface area contributed by atoms with Gasteiger partial charge in [0.25, 0.3) is 0 Å². The van der Waals surface area contributed by atoms with Crippen LogP contribution in [0.4, 0.5) is 16.3 Å². The fourth-order valence-corrected chi connectivity index (χ4v) is 6.00. The van der Waals surface area contributed by atoms with Crippen molar-refractivity contribution < 1.29 is 22.7 Å². The summed E-state index contributed by atoms with van der Waals surface area (Å²) in [6, 6.07) is 7.17. The summed E-state index contributed by atoms with van der Waals surface area (Å²) >= 11 is 0. The maximum Gasteiger partial charge on any atom is 0.409 e. The lowest BCUT2D eigenvalue weighted by Gasteiger charge is -2.31. The van der Waals surface area contributed by atoms with Gasteiger partial charge in [-0.15, -0.1) is 0 Å². The summed E-state index contributed by atoms with van der Waals surface area (Å²) in [6.07, 6.45) is 6.36. The van der Waals surface area contributed by atoms with Crippen molar-refractivity contribution in [3.05, 3.63) is 36.2 Å². The molecule has 188 valence electrons. The van der Waals surface area contributed by atoms with Gasteiger partial charge in [0.2, 0.25) is 5.88 Å². The number of amides is 1. The molecule has 0 unspecified atom stereocenters. The maximum atomic E-state index is 12.5. The highest BCUT2D eigenvalue weighted by Crippen LogP contribution is 2.36. The Morgan fingerprint density at radius 2 is 1.89 bits per heavy atom. The van der Waals surface area contributed by atoms with Gasteiger partial charge in [-0.25, -0.2) is 23.2 Å². The second kappa shape index (κ2) is 10.0. The van der Waals surface area contributed by atoms with Gasteiger partial charge in [-0.1, -0.05) is 6.92 Å². The van der Waals surface area contributed by atoms with Crippen LogP contribution < -0.4 is 9.64 Å². The summed E-state index contributed by atoms with van der Waals surface area (Å²) in [7, 11) is -3.25.